The van der Waals surface area contributed by atoms with Crippen LogP contribution in [-0.4, -0.2) is 75.8 Å². The fourth-order valence-corrected chi connectivity index (χ4v) is 5.41. The van der Waals surface area contributed by atoms with Gasteiger partial charge in [0.1, 0.15) is 13.2 Å². The van der Waals surface area contributed by atoms with Crippen molar-refractivity contribution < 1.29 is 23.9 Å². The second-order valence-electron chi connectivity index (χ2n) is 7.77. The van der Waals surface area contributed by atoms with Crippen LogP contribution < -0.4 is 9.47 Å². The summed E-state index contributed by atoms with van der Waals surface area (Å²) in [5.74, 6) is 0.312. The molecule has 1 amide bonds. The zero-order valence-electron chi connectivity index (χ0n) is 16.9. The standard InChI is InChI=1S/C22H23N3O5S/c26-14-19(15-4-2-1-3-5-15)22(27)24-10-16-12-25(13-17(16)11-24)31(28)18-8-20-21(23-9-18)30-7-6-29-20/h1-5,8-9,19,26H,6-7,10-14H2. The number of aliphatic hydroxyl groups is 1. The molecular weight excluding hydrogens is 418 g/mol. The Bertz CT molecular complexity index is 997. The normalized spacial score (nSPS) is 20.0. The second kappa shape index (κ2) is 8.51. The molecule has 2 aromatic rings. The van der Waals surface area contributed by atoms with Crippen molar-refractivity contribution in [3.8, 4) is 11.6 Å². The molecule has 0 spiro atoms. The van der Waals surface area contributed by atoms with Gasteiger partial charge in [0.15, 0.2) is 10.6 Å². The summed E-state index contributed by atoms with van der Waals surface area (Å²) in [7, 11) is 0. The molecule has 2 unspecified atom stereocenters. The number of pyridine rings is 1. The Morgan fingerprint density at radius 1 is 1.13 bits per heavy atom. The maximum absolute atomic E-state index is 13.1. The van der Waals surface area contributed by atoms with Crippen LogP contribution >= 0.6 is 0 Å². The van der Waals surface area contributed by atoms with Gasteiger partial charge < -0.3 is 24.0 Å². The highest BCUT2D eigenvalue weighted by Gasteiger charge is 2.39. The van der Waals surface area contributed by atoms with Crippen LogP contribution in [0.2, 0.25) is 0 Å². The molecule has 3 aliphatic rings. The molecule has 5 rings (SSSR count). The number of fused-ring (bicyclic) bond motifs is 1. The largest absolute Gasteiger partial charge is 0.593 e. The highest BCUT2D eigenvalue weighted by molar-refractivity contribution is 7.89. The lowest BCUT2D eigenvalue weighted by molar-refractivity contribution is -0.132. The van der Waals surface area contributed by atoms with E-state index < -0.39 is 17.3 Å². The summed E-state index contributed by atoms with van der Waals surface area (Å²) in [5.41, 5.74) is 3.06. The molecule has 0 saturated carbocycles. The average Bonchev–Trinajstić information content (AvgIpc) is 3.39. The molecule has 1 aromatic heterocycles. The summed E-state index contributed by atoms with van der Waals surface area (Å²) in [5, 5.41) is 9.80. The van der Waals surface area contributed by atoms with E-state index in [-0.39, 0.29) is 12.5 Å². The molecule has 0 bridgehead atoms. The van der Waals surface area contributed by atoms with Crippen LogP contribution in [0.15, 0.2) is 58.6 Å². The fourth-order valence-electron chi connectivity index (χ4n) is 4.21. The van der Waals surface area contributed by atoms with E-state index in [9.17, 15) is 14.5 Å². The Hall–Kier alpha value is -2.59. The number of carbonyl (C=O) groups excluding carboxylic acids is 1. The van der Waals surface area contributed by atoms with Crippen molar-refractivity contribution in [3.05, 3.63) is 59.3 Å². The van der Waals surface area contributed by atoms with Crippen LogP contribution in [0.1, 0.15) is 11.5 Å². The van der Waals surface area contributed by atoms with Gasteiger partial charge in [0, 0.05) is 19.2 Å². The molecule has 0 radical (unpaired) electrons. The monoisotopic (exact) mass is 441 g/mol. The molecule has 1 N–H and O–H groups in total. The van der Waals surface area contributed by atoms with Gasteiger partial charge in [0.05, 0.1) is 43.2 Å². The number of benzene rings is 1. The zero-order valence-corrected chi connectivity index (χ0v) is 17.7. The van der Waals surface area contributed by atoms with Gasteiger partial charge in [0.25, 0.3) is 5.88 Å². The van der Waals surface area contributed by atoms with E-state index in [1.165, 1.54) is 0 Å². The van der Waals surface area contributed by atoms with Crippen LogP contribution in [-0.2, 0) is 16.2 Å². The number of aliphatic hydroxyl groups excluding tert-OH is 1. The Balaban J connectivity index is 1.22. The maximum atomic E-state index is 13.1. The van der Waals surface area contributed by atoms with E-state index in [2.05, 4.69) is 4.98 Å². The number of hydrogen-bond acceptors (Lipinski definition) is 7. The van der Waals surface area contributed by atoms with Crippen LogP contribution in [0.5, 0.6) is 11.6 Å². The quantitative estimate of drug-likeness (QED) is 0.548. The predicted molar refractivity (Wildman–Crippen MR) is 113 cm³/mol. The minimum Gasteiger partial charge on any atom is -0.593 e. The number of rotatable bonds is 5. The molecule has 31 heavy (non-hydrogen) atoms. The molecule has 4 heterocycles. The molecule has 2 atom stereocenters. The first kappa shape index (κ1) is 20.3. The van der Waals surface area contributed by atoms with Gasteiger partial charge >= 0.3 is 0 Å². The molecule has 0 fully saturated rings. The van der Waals surface area contributed by atoms with E-state index in [0.717, 1.165) is 16.7 Å². The van der Waals surface area contributed by atoms with Crippen molar-refractivity contribution in [2.24, 2.45) is 0 Å². The van der Waals surface area contributed by atoms with Crippen LogP contribution in [0.4, 0.5) is 0 Å². The Kier molecular flexibility index (Phi) is 5.58. The van der Waals surface area contributed by atoms with Crippen LogP contribution in [0.3, 0.4) is 0 Å². The van der Waals surface area contributed by atoms with Gasteiger partial charge in [-0.15, -0.1) is 4.31 Å². The lowest BCUT2D eigenvalue weighted by atomic mass is 9.98. The van der Waals surface area contributed by atoms with E-state index in [4.69, 9.17) is 9.47 Å². The third-order valence-corrected chi connectivity index (χ3v) is 7.15. The summed E-state index contributed by atoms with van der Waals surface area (Å²) in [6.07, 6.45) is 1.56. The molecule has 0 saturated heterocycles. The highest BCUT2D eigenvalue weighted by Crippen LogP contribution is 2.34. The summed E-state index contributed by atoms with van der Waals surface area (Å²) >= 11 is -1.38. The Labute approximate surface area is 183 Å². The predicted octanol–water partition coefficient (Wildman–Crippen LogP) is 1.11. The first-order valence-electron chi connectivity index (χ1n) is 10.2. The summed E-state index contributed by atoms with van der Waals surface area (Å²) in [6.45, 7) is 2.77. The number of carbonyl (C=O) groups is 1. The van der Waals surface area contributed by atoms with Crippen molar-refractivity contribution in [2.45, 2.75) is 10.8 Å². The minimum atomic E-state index is -1.38. The number of ether oxygens (including phenoxy) is 2. The first-order chi connectivity index (χ1) is 15.1. The van der Waals surface area contributed by atoms with Crippen molar-refractivity contribution in [1.29, 1.82) is 0 Å². The highest BCUT2D eigenvalue weighted by atomic mass is 32.2. The molecule has 1 aromatic carbocycles. The van der Waals surface area contributed by atoms with Gasteiger partial charge in [0.2, 0.25) is 5.91 Å². The minimum absolute atomic E-state index is 0.0770. The summed E-state index contributed by atoms with van der Waals surface area (Å²) in [6, 6.07) is 11.1. The third-order valence-electron chi connectivity index (χ3n) is 5.80. The molecule has 9 heteroatoms. The molecule has 0 aliphatic carbocycles. The Morgan fingerprint density at radius 2 is 1.84 bits per heavy atom. The molecule has 3 aliphatic heterocycles. The SMILES string of the molecule is O=C(C(CO)c1ccccc1)N1CC2=C(C1)CN([S+]([O-])c1cnc3c(c1)OCCO3)C2. The summed E-state index contributed by atoms with van der Waals surface area (Å²) in [4.78, 5) is 19.6. The molecule has 8 nitrogen and oxygen atoms in total. The number of amides is 1. The van der Waals surface area contributed by atoms with E-state index in [0.29, 0.717) is 55.9 Å². The third kappa shape index (κ3) is 3.89. The number of nitrogens with zero attached hydrogens (tertiary/aromatic N) is 3. The van der Waals surface area contributed by atoms with Crippen molar-refractivity contribution in [1.82, 2.24) is 14.2 Å². The summed E-state index contributed by atoms with van der Waals surface area (Å²) < 4.78 is 25.9. The van der Waals surface area contributed by atoms with Gasteiger partial charge in [-0.2, -0.15) is 0 Å². The van der Waals surface area contributed by atoms with Gasteiger partial charge in [-0.25, -0.2) is 4.98 Å². The van der Waals surface area contributed by atoms with Crippen molar-refractivity contribution in [2.75, 3.05) is 46.0 Å². The zero-order chi connectivity index (χ0) is 21.4. The Morgan fingerprint density at radius 3 is 2.55 bits per heavy atom. The second-order valence-corrected chi connectivity index (χ2v) is 9.25. The van der Waals surface area contributed by atoms with Gasteiger partial charge in [-0.3, -0.25) is 4.79 Å². The number of hydrogen-bond donors (Lipinski definition) is 1. The van der Waals surface area contributed by atoms with E-state index >= 15 is 0 Å². The van der Waals surface area contributed by atoms with E-state index in [1.807, 2.05) is 34.6 Å². The topological polar surface area (TPSA) is 98.2 Å². The first-order valence-corrected chi connectivity index (χ1v) is 11.3. The molecular formula is C22H23N3O5S. The van der Waals surface area contributed by atoms with Gasteiger partial charge in [-0.1, -0.05) is 30.3 Å². The van der Waals surface area contributed by atoms with Gasteiger partial charge in [-0.05, 0) is 16.7 Å². The van der Waals surface area contributed by atoms with Crippen molar-refractivity contribution >= 4 is 17.3 Å². The van der Waals surface area contributed by atoms with Crippen molar-refractivity contribution in [3.63, 3.8) is 0 Å². The molecule has 162 valence electrons. The van der Waals surface area contributed by atoms with Crippen LogP contribution in [0.25, 0.3) is 0 Å². The van der Waals surface area contributed by atoms with Crippen LogP contribution in [0, 0.1) is 0 Å². The smallest absolute Gasteiger partial charge is 0.257 e. The lowest BCUT2D eigenvalue weighted by Crippen LogP contribution is -2.39. The maximum Gasteiger partial charge on any atom is 0.257 e. The van der Waals surface area contributed by atoms with E-state index in [1.54, 1.807) is 17.2 Å². The fraction of sp³-hybridized carbons (Fsp3) is 0.364. The lowest BCUT2D eigenvalue weighted by Gasteiger charge is -2.26. The number of aromatic nitrogens is 1. The average molecular weight is 442 g/mol.